The van der Waals surface area contributed by atoms with Crippen LogP contribution in [0.2, 0.25) is 0 Å². The molecule has 1 saturated heterocycles. The first-order valence-electron chi connectivity index (χ1n) is 5.49. The van der Waals surface area contributed by atoms with E-state index in [0.29, 0.717) is 17.9 Å². The first kappa shape index (κ1) is 14.2. The molecule has 1 N–H and O–H groups in total. The van der Waals surface area contributed by atoms with Crippen molar-refractivity contribution in [2.45, 2.75) is 31.5 Å². The number of hydrogen-bond donors (Lipinski definition) is 1. The van der Waals surface area contributed by atoms with Crippen LogP contribution in [0, 0.1) is 0 Å². The maximum Gasteiger partial charge on any atom is 0.406 e. The van der Waals surface area contributed by atoms with Crippen LogP contribution < -0.4 is 0 Å². The number of ether oxygens (including phenoxy) is 1. The topological polar surface area (TPSA) is 49.8 Å². The number of nitrogens with zero attached hydrogens (tertiary/aromatic N) is 1. The molecule has 0 aromatic rings. The van der Waals surface area contributed by atoms with Crippen LogP contribution in [0.4, 0.5) is 13.2 Å². The third-order valence-corrected chi connectivity index (χ3v) is 2.52. The van der Waals surface area contributed by atoms with Crippen LogP contribution in [0.15, 0.2) is 0 Å². The van der Waals surface area contributed by atoms with Crippen molar-refractivity contribution in [3.63, 3.8) is 0 Å². The number of rotatable bonds is 5. The van der Waals surface area contributed by atoms with Crippen molar-refractivity contribution in [2.24, 2.45) is 0 Å². The SMILES string of the molecule is O=C(CC1CCCO1)N(CCO)CC(F)(F)F. The van der Waals surface area contributed by atoms with Crippen LogP contribution in [0.25, 0.3) is 0 Å². The molecule has 0 bridgehead atoms. The van der Waals surface area contributed by atoms with Crippen LogP contribution in [0.1, 0.15) is 19.3 Å². The number of aliphatic hydroxyl groups is 1. The van der Waals surface area contributed by atoms with E-state index in [1.54, 1.807) is 0 Å². The highest BCUT2D eigenvalue weighted by molar-refractivity contribution is 5.76. The molecule has 4 nitrogen and oxygen atoms in total. The minimum atomic E-state index is -4.44. The molecule has 0 aliphatic carbocycles. The summed E-state index contributed by atoms with van der Waals surface area (Å²) in [4.78, 5) is 12.2. The third-order valence-electron chi connectivity index (χ3n) is 2.52. The van der Waals surface area contributed by atoms with Gasteiger partial charge in [0.1, 0.15) is 6.54 Å². The standard InChI is InChI=1S/C10H16F3NO3/c11-10(12,13)7-14(3-4-15)9(16)6-8-2-1-5-17-8/h8,15H,1-7H2. The predicted molar refractivity (Wildman–Crippen MR) is 53.3 cm³/mol. The Balaban J connectivity index is 2.47. The maximum atomic E-state index is 12.2. The lowest BCUT2D eigenvalue weighted by Gasteiger charge is -2.24. The van der Waals surface area contributed by atoms with Crippen LogP contribution in [-0.2, 0) is 9.53 Å². The van der Waals surface area contributed by atoms with Crippen molar-refractivity contribution in [3.05, 3.63) is 0 Å². The van der Waals surface area contributed by atoms with E-state index in [1.807, 2.05) is 0 Å². The second-order valence-corrected chi connectivity index (χ2v) is 3.99. The van der Waals surface area contributed by atoms with E-state index < -0.39 is 25.2 Å². The molecule has 0 radical (unpaired) electrons. The molecule has 1 aliphatic rings. The number of amides is 1. The first-order valence-corrected chi connectivity index (χ1v) is 5.49. The highest BCUT2D eigenvalue weighted by Gasteiger charge is 2.33. The van der Waals surface area contributed by atoms with Gasteiger partial charge in [0.15, 0.2) is 0 Å². The van der Waals surface area contributed by atoms with Crippen molar-refractivity contribution >= 4 is 5.91 Å². The highest BCUT2D eigenvalue weighted by Crippen LogP contribution is 2.20. The average molecular weight is 255 g/mol. The predicted octanol–water partition coefficient (Wildman–Crippen LogP) is 0.939. The molecule has 1 atom stereocenters. The Morgan fingerprint density at radius 3 is 2.65 bits per heavy atom. The Bertz CT molecular complexity index is 252. The minimum absolute atomic E-state index is 0.0456. The van der Waals surface area contributed by atoms with E-state index in [1.165, 1.54) is 0 Å². The van der Waals surface area contributed by atoms with E-state index in [4.69, 9.17) is 9.84 Å². The molecule has 7 heteroatoms. The molecule has 0 saturated carbocycles. The Kier molecular flexibility index (Phi) is 5.20. The molecular formula is C10H16F3NO3. The lowest BCUT2D eigenvalue weighted by atomic mass is 10.1. The fourth-order valence-corrected chi connectivity index (χ4v) is 1.76. The Hall–Kier alpha value is -0.820. The fraction of sp³-hybridized carbons (Fsp3) is 0.900. The molecule has 1 rings (SSSR count). The van der Waals surface area contributed by atoms with Gasteiger partial charge in [-0.15, -0.1) is 0 Å². The normalized spacial score (nSPS) is 20.6. The molecule has 0 spiro atoms. The number of carbonyl (C=O) groups excluding carboxylic acids is 1. The van der Waals surface area contributed by atoms with Crippen molar-refractivity contribution in [1.82, 2.24) is 4.90 Å². The van der Waals surface area contributed by atoms with Gasteiger partial charge >= 0.3 is 6.18 Å². The molecule has 1 fully saturated rings. The summed E-state index contributed by atoms with van der Waals surface area (Å²) in [5.74, 6) is -0.622. The van der Waals surface area contributed by atoms with Crippen molar-refractivity contribution in [2.75, 3.05) is 26.3 Å². The van der Waals surface area contributed by atoms with Crippen LogP contribution in [0.5, 0.6) is 0 Å². The molecule has 1 amide bonds. The van der Waals surface area contributed by atoms with Crippen LogP contribution in [0.3, 0.4) is 0 Å². The monoisotopic (exact) mass is 255 g/mol. The van der Waals surface area contributed by atoms with E-state index in [2.05, 4.69) is 0 Å². The van der Waals surface area contributed by atoms with Gasteiger partial charge in [-0.1, -0.05) is 0 Å². The summed E-state index contributed by atoms with van der Waals surface area (Å²) in [6.07, 6.45) is -3.24. The van der Waals surface area contributed by atoms with Gasteiger partial charge in [-0.3, -0.25) is 4.79 Å². The Morgan fingerprint density at radius 1 is 1.47 bits per heavy atom. The van der Waals surface area contributed by atoms with E-state index in [-0.39, 0.29) is 19.1 Å². The second-order valence-electron chi connectivity index (χ2n) is 3.99. The summed E-state index contributed by atoms with van der Waals surface area (Å²) in [6, 6.07) is 0. The maximum absolute atomic E-state index is 12.2. The molecule has 1 unspecified atom stereocenters. The zero-order valence-electron chi connectivity index (χ0n) is 9.37. The van der Waals surface area contributed by atoms with Gasteiger partial charge in [0.2, 0.25) is 5.91 Å². The van der Waals surface area contributed by atoms with Crippen LogP contribution in [-0.4, -0.2) is 54.5 Å². The fourth-order valence-electron chi connectivity index (χ4n) is 1.76. The molecule has 0 aromatic carbocycles. The summed E-state index contributed by atoms with van der Waals surface area (Å²) in [6.45, 7) is -1.55. The van der Waals surface area contributed by atoms with Crippen LogP contribution >= 0.6 is 0 Å². The van der Waals surface area contributed by atoms with Gasteiger partial charge in [-0.05, 0) is 12.8 Å². The Morgan fingerprint density at radius 2 is 2.18 bits per heavy atom. The van der Waals surface area contributed by atoms with Gasteiger partial charge in [0, 0.05) is 13.2 Å². The lowest BCUT2D eigenvalue weighted by molar-refractivity contribution is -0.163. The molecule has 1 heterocycles. The van der Waals surface area contributed by atoms with Gasteiger partial charge in [0.05, 0.1) is 19.1 Å². The summed E-state index contributed by atoms with van der Waals surface area (Å²) in [5.41, 5.74) is 0. The van der Waals surface area contributed by atoms with Gasteiger partial charge in [-0.25, -0.2) is 0 Å². The van der Waals surface area contributed by atoms with Crippen molar-refractivity contribution < 1.29 is 27.8 Å². The summed E-state index contributed by atoms with van der Waals surface area (Å²) >= 11 is 0. The quantitative estimate of drug-likeness (QED) is 0.795. The molecular weight excluding hydrogens is 239 g/mol. The summed E-state index contributed by atoms with van der Waals surface area (Å²) < 4.78 is 41.8. The second kappa shape index (κ2) is 6.20. The number of halogens is 3. The molecule has 17 heavy (non-hydrogen) atoms. The minimum Gasteiger partial charge on any atom is -0.395 e. The van der Waals surface area contributed by atoms with E-state index in [9.17, 15) is 18.0 Å². The van der Waals surface area contributed by atoms with Gasteiger partial charge in [0.25, 0.3) is 0 Å². The number of aliphatic hydroxyl groups excluding tert-OH is 1. The van der Waals surface area contributed by atoms with E-state index in [0.717, 1.165) is 6.42 Å². The van der Waals surface area contributed by atoms with Gasteiger partial charge in [-0.2, -0.15) is 13.2 Å². The lowest BCUT2D eigenvalue weighted by Crippen LogP contribution is -2.41. The van der Waals surface area contributed by atoms with Crippen molar-refractivity contribution in [1.29, 1.82) is 0 Å². The number of hydrogen-bond acceptors (Lipinski definition) is 3. The largest absolute Gasteiger partial charge is 0.406 e. The number of alkyl halides is 3. The van der Waals surface area contributed by atoms with Gasteiger partial charge < -0.3 is 14.7 Å². The molecule has 100 valence electrons. The number of carbonyl (C=O) groups is 1. The molecule has 1 aliphatic heterocycles. The highest BCUT2D eigenvalue weighted by atomic mass is 19.4. The average Bonchev–Trinajstić information content (AvgIpc) is 2.67. The summed E-state index contributed by atoms with van der Waals surface area (Å²) in [5, 5.41) is 8.65. The smallest absolute Gasteiger partial charge is 0.395 e. The summed E-state index contributed by atoms with van der Waals surface area (Å²) in [7, 11) is 0. The van der Waals surface area contributed by atoms with E-state index >= 15 is 0 Å². The zero-order valence-corrected chi connectivity index (χ0v) is 9.37. The van der Waals surface area contributed by atoms with Crippen molar-refractivity contribution in [3.8, 4) is 0 Å². The third kappa shape index (κ3) is 5.36. The zero-order chi connectivity index (χ0) is 12.9. The first-order chi connectivity index (χ1) is 7.92. The Labute approximate surface area is 97.3 Å². The molecule has 0 aromatic heterocycles.